The van der Waals surface area contributed by atoms with Crippen molar-refractivity contribution in [2.75, 3.05) is 6.61 Å². The zero-order valence-corrected chi connectivity index (χ0v) is 22.8. The fourth-order valence-corrected chi connectivity index (χ4v) is 6.81. The molecule has 8 heteroatoms. The molecular weight excluding hydrogens is 541 g/mol. The Balaban J connectivity index is 1.71. The van der Waals surface area contributed by atoms with Gasteiger partial charge in [0.15, 0.2) is 0 Å². The van der Waals surface area contributed by atoms with Crippen molar-refractivity contribution in [2.45, 2.75) is 17.9 Å². The smallest absolute Gasteiger partial charge is 0.313 e. The van der Waals surface area contributed by atoms with Gasteiger partial charge in [0.25, 0.3) is 10.0 Å². The van der Waals surface area contributed by atoms with Gasteiger partial charge in [-0.1, -0.05) is 83.9 Å². The Hall–Kier alpha value is -3.32. The Morgan fingerprint density at radius 2 is 1.45 bits per heavy atom. The van der Waals surface area contributed by atoms with Crippen LogP contribution in [0.1, 0.15) is 18.1 Å². The first kappa shape index (κ1) is 26.3. The Bertz CT molecular complexity index is 1480. The Morgan fingerprint density at radius 1 is 0.868 bits per heavy atom. The van der Waals surface area contributed by atoms with Gasteiger partial charge in [-0.25, -0.2) is 8.42 Å². The molecule has 3 aromatic carbocycles. The second-order valence-corrected chi connectivity index (χ2v) is 11.7. The molecule has 0 saturated carbocycles. The first-order valence-electron chi connectivity index (χ1n) is 12.2. The summed E-state index contributed by atoms with van der Waals surface area (Å²) in [5, 5.41) is 1.19. The Morgan fingerprint density at radius 3 is 2.00 bits per heavy atom. The van der Waals surface area contributed by atoms with Crippen molar-refractivity contribution < 1.29 is 17.9 Å². The molecule has 1 aliphatic heterocycles. The van der Waals surface area contributed by atoms with Crippen LogP contribution in [0.25, 0.3) is 5.57 Å². The van der Waals surface area contributed by atoms with Gasteiger partial charge in [-0.05, 0) is 65.6 Å². The average Bonchev–Trinajstić information content (AvgIpc) is 3.35. The highest BCUT2D eigenvalue weighted by atomic mass is 35.5. The highest BCUT2D eigenvalue weighted by Crippen LogP contribution is 2.46. The van der Waals surface area contributed by atoms with E-state index < -0.39 is 33.9 Å². The van der Waals surface area contributed by atoms with Gasteiger partial charge in [0, 0.05) is 22.2 Å². The van der Waals surface area contributed by atoms with E-state index in [-0.39, 0.29) is 11.5 Å². The van der Waals surface area contributed by atoms with Crippen LogP contribution in [0, 0.1) is 11.8 Å². The molecule has 0 unspecified atom stereocenters. The second-order valence-electron chi connectivity index (χ2n) is 8.99. The molecular formula is C30H25Cl2NO4S. The van der Waals surface area contributed by atoms with Gasteiger partial charge in [0.2, 0.25) is 0 Å². The lowest BCUT2D eigenvalue weighted by atomic mass is 9.78. The zero-order valence-electron chi connectivity index (χ0n) is 20.5. The van der Waals surface area contributed by atoms with Crippen LogP contribution in [-0.2, 0) is 19.6 Å². The molecule has 0 bridgehead atoms. The molecule has 0 spiro atoms. The van der Waals surface area contributed by atoms with E-state index in [1.807, 2.05) is 36.4 Å². The predicted octanol–water partition coefficient (Wildman–Crippen LogP) is 6.75. The third-order valence-electron chi connectivity index (χ3n) is 6.75. The third-order valence-corrected chi connectivity index (χ3v) is 9.04. The molecule has 0 N–H and O–H groups in total. The summed E-state index contributed by atoms with van der Waals surface area (Å²) < 4.78 is 34.2. The maximum absolute atomic E-state index is 13.7. The summed E-state index contributed by atoms with van der Waals surface area (Å²) in [4.78, 5) is 13.4. The number of nitrogens with zero attached hydrogens (tertiary/aromatic N) is 1. The minimum atomic E-state index is -3.88. The van der Waals surface area contributed by atoms with Gasteiger partial charge in [0.1, 0.15) is 0 Å². The summed E-state index contributed by atoms with van der Waals surface area (Å²) in [6, 6.07) is 22.5. The lowest BCUT2D eigenvalue weighted by Gasteiger charge is -2.38. The van der Waals surface area contributed by atoms with Crippen molar-refractivity contribution in [3.63, 3.8) is 0 Å². The van der Waals surface area contributed by atoms with Crippen molar-refractivity contribution in [1.82, 2.24) is 4.31 Å². The number of fused-ring (bicyclic) bond motifs is 1. The molecule has 0 amide bonds. The van der Waals surface area contributed by atoms with Crippen LogP contribution in [-0.4, -0.2) is 31.3 Å². The molecule has 194 valence electrons. The number of benzene rings is 3. The molecule has 3 aromatic rings. The number of halogens is 2. The fraction of sp³-hybridized carbons (Fsp3) is 0.167. The number of hydrogen-bond acceptors (Lipinski definition) is 4. The Kier molecular flexibility index (Phi) is 7.48. The van der Waals surface area contributed by atoms with Crippen LogP contribution in [0.2, 0.25) is 10.0 Å². The number of allylic oxidation sites excluding steroid dienone is 1. The number of ether oxygens (including phenoxy) is 1. The topological polar surface area (TPSA) is 63.7 Å². The first-order valence-corrected chi connectivity index (χ1v) is 14.4. The highest BCUT2D eigenvalue weighted by molar-refractivity contribution is 7.89. The minimum absolute atomic E-state index is 0.180. The van der Waals surface area contributed by atoms with Gasteiger partial charge < -0.3 is 4.74 Å². The van der Waals surface area contributed by atoms with Crippen LogP contribution in [0.3, 0.4) is 0 Å². The molecule has 38 heavy (non-hydrogen) atoms. The van der Waals surface area contributed by atoms with Crippen molar-refractivity contribution in [2.24, 2.45) is 11.8 Å². The number of carbonyl (C=O) groups is 1. The van der Waals surface area contributed by atoms with Crippen molar-refractivity contribution >= 4 is 44.8 Å². The third kappa shape index (κ3) is 4.92. The molecule has 0 aromatic heterocycles. The molecule has 0 saturated heterocycles. The summed E-state index contributed by atoms with van der Waals surface area (Å²) in [5.41, 5.74) is 3.46. The quantitative estimate of drug-likeness (QED) is 0.310. The normalized spacial score (nSPS) is 20.3. The van der Waals surface area contributed by atoms with Gasteiger partial charge >= 0.3 is 5.97 Å². The monoisotopic (exact) mass is 565 g/mol. The van der Waals surface area contributed by atoms with Gasteiger partial charge in [-0.2, -0.15) is 0 Å². The Labute approximate surface area is 232 Å². The minimum Gasteiger partial charge on any atom is -0.466 e. The van der Waals surface area contributed by atoms with Crippen LogP contribution in [0.15, 0.2) is 114 Å². The molecule has 2 aliphatic rings. The van der Waals surface area contributed by atoms with Crippen LogP contribution < -0.4 is 0 Å². The maximum atomic E-state index is 13.7. The first-order chi connectivity index (χ1) is 18.3. The molecule has 1 aliphatic carbocycles. The summed E-state index contributed by atoms with van der Waals surface area (Å²) >= 11 is 12.4. The van der Waals surface area contributed by atoms with E-state index in [9.17, 15) is 13.2 Å². The number of carbonyl (C=O) groups excluding carboxylic acids is 1. The van der Waals surface area contributed by atoms with Crippen LogP contribution in [0.4, 0.5) is 0 Å². The number of esters is 1. The van der Waals surface area contributed by atoms with Crippen molar-refractivity contribution in [3.05, 3.63) is 130 Å². The van der Waals surface area contributed by atoms with E-state index in [1.165, 1.54) is 10.5 Å². The standard InChI is InChI=1S/C30H25Cl2NO4S/c1-2-37-30(34)26-18-19-33(38(35,36)24-6-4-3-5-7-24)27-17-16-25(29(26)27)28(20-8-12-22(31)13-9-20)21-10-14-23(32)15-11-21/h3-19,26-27,29H,2H2,1H3/t26-,27-,29-/m1/s1. The largest absolute Gasteiger partial charge is 0.466 e. The molecule has 0 fully saturated rings. The van der Waals surface area contributed by atoms with Gasteiger partial charge in [-0.3, -0.25) is 9.10 Å². The van der Waals surface area contributed by atoms with E-state index in [0.29, 0.717) is 10.0 Å². The lowest BCUT2D eigenvalue weighted by Crippen LogP contribution is -2.46. The summed E-state index contributed by atoms with van der Waals surface area (Å²) in [6.07, 6.45) is 6.89. The molecule has 5 nitrogen and oxygen atoms in total. The zero-order chi connectivity index (χ0) is 26.9. The number of hydrogen-bond donors (Lipinski definition) is 0. The SMILES string of the molecule is CCOC(=O)[C@@H]1C=CN(S(=O)(=O)c2ccccc2)[C@@H]2C=CC(=C(c3ccc(Cl)cc3)c3ccc(Cl)cc3)[C@@H]21. The van der Waals surface area contributed by atoms with E-state index in [0.717, 1.165) is 22.3 Å². The number of rotatable bonds is 6. The van der Waals surface area contributed by atoms with E-state index >= 15 is 0 Å². The van der Waals surface area contributed by atoms with Crippen LogP contribution >= 0.6 is 23.2 Å². The van der Waals surface area contributed by atoms with Crippen molar-refractivity contribution in [3.8, 4) is 0 Å². The summed E-state index contributed by atoms with van der Waals surface area (Å²) in [6.45, 7) is 1.98. The van der Waals surface area contributed by atoms with E-state index in [1.54, 1.807) is 67.6 Å². The second kappa shape index (κ2) is 10.8. The maximum Gasteiger partial charge on any atom is 0.313 e. The molecule has 0 radical (unpaired) electrons. The lowest BCUT2D eigenvalue weighted by molar-refractivity contribution is -0.148. The fourth-order valence-electron chi connectivity index (χ4n) is 5.06. The number of sulfonamides is 1. The summed E-state index contributed by atoms with van der Waals surface area (Å²) in [7, 11) is -3.88. The summed E-state index contributed by atoms with van der Waals surface area (Å²) in [5.74, 6) is -1.59. The molecule has 5 rings (SSSR count). The highest BCUT2D eigenvalue weighted by Gasteiger charge is 2.47. The van der Waals surface area contributed by atoms with Gasteiger partial charge in [0.05, 0.1) is 23.5 Å². The predicted molar refractivity (Wildman–Crippen MR) is 150 cm³/mol. The van der Waals surface area contributed by atoms with Gasteiger partial charge in [-0.15, -0.1) is 0 Å². The van der Waals surface area contributed by atoms with E-state index in [4.69, 9.17) is 27.9 Å². The molecule has 3 atom stereocenters. The van der Waals surface area contributed by atoms with E-state index in [2.05, 4.69) is 0 Å². The van der Waals surface area contributed by atoms with Crippen molar-refractivity contribution in [1.29, 1.82) is 0 Å². The molecule has 1 heterocycles. The van der Waals surface area contributed by atoms with Crippen LogP contribution in [0.5, 0.6) is 0 Å². The average molecular weight is 567 g/mol.